The zero-order valence-corrected chi connectivity index (χ0v) is 11.2. The van der Waals surface area contributed by atoms with Gasteiger partial charge in [0.25, 0.3) is 0 Å². The van der Waals surface area contributed by atoms with Gasteiger partial charge in [-0.15, -0.1) is 0 Å². The topological polar surface area (TPSA) is 26.3 Å². The second-order valence-corrected chi connectivity index (χ2v) is 5.10. The van der Waals surface area contributed by atoms with E-state index < -0.39 is 0 Å². The first-order chi connectivity index (χ1) is 8.69. The van der Waals surface area contributed by atoms with Gasteiger partial charge in [-0.3, -0.25) is 4.79 Å². The maximum Gasteiger partial charge on any atom is 0.190 e. The van der Waals surface area contributed by atoms with Gasteiger partial charge in [0, 0.05) is 11.8 Å². The summed E-state index contributed by atoms with van der Waals surface area (Å²) in [6, 6.07) is 15.9. The molecule has 0 bridgehead atoms. The first-order valence-corrected chi connectivity index (χ1v) is 6.43. The summed E-state index contributed by atoms with van der Waals surface area (Å²) in [6.45, 7) is 1.57. The van der Waals surface area contributed by atoms with E-state index in [0.717, 1.165) is 21.8 Å². The predicted octanol–water partition coefficient (Wildman–Crippen LogP) is 4.00. The van der Waals surface area contributed by atoms with Crippen LogP contribution in [0.15, 0.2) is 53.4 Å². The average Bonchev–Trinajstić information content (AvgIpc) is 2.39. The standard InChI is InChI=1S/C15H14O2S/c1-11(16)18-15-9-5-13(6-10-15)12-3-7-14(17-2)8-4-12/h3-10H,1-2H3. The highest BCUT2D eigenvalue weighted by Gasteiger charge is 2.01. The number of carbonyl (C=O) groups excluding carboxylic acids is 1. The van der Waals surface area contributed by atoms with Gasteiger partial charge in [0.05, 0.1) is 7.11 Å². The molecule has 2 rings (SSSR count). The van der Waals surface area contributed by atoms with Gasteiger partial charge in [-0.25, -0.2) is 0 Å². The predicted molar refractivity (Wildman–Crippen MR) is 75.0 cm³/mol. The number of benzene rings is 2. The molecule has 92 valence electrons. The van der Waals surface area contributed by atoms with Crippen molar-refractivity contribution in [3.05, 3.63) is 48.5 Å². The lowest BCUT2D eigenvalue weighted by atomic mass is 10.1. The number of hydrogen-bond donors (Lipinski definition) is 0. The summed E-state index contributed by atoms with van der Waals surface area (Å²) in [7, 11) is 1.66. The minimum Gasteiger partial charge on any atom is -0.497 e. The summed E-state index contributed by atoms with van der Waals surface area (Å²) in [4.78, 5) is 12.0. The smallest absolute Gasteiger partial charge is 0.190 e. The Morgan fingerprint density at radius 1 is 0.944 bits per heavy atom. The Labute approximate surface area is 111 Å². The summed E-state index contributed by atoms with van der Waals surface area (Å²) >= 11 is 1.25. The molecule has 0 atom stereocenters. The molecule has 2 nitrogen and oxygen atoms in total. The molecule has 0 saturated heterocycles. The first-order valence-electron chi connectivity index (χ1n) is 5.62. The quantitative estimate of drug-likeness (QED) is 0.778. The van der Waals surface area contributed by atoms with Crippen LogP contribution in [0.4, 0.5) is 0 Å². The molecule has 0 aliphatic rings. The average molecular weight is 258 g/mol. The van der Waals surface area contributed by atoms with Gasteiger partial charge < -0.3 is 4.74 Å². The van der Waals surface area contributed by atoms with Crippen molar-refractivity contribution in [1.82, 2.24) is 0 Å². The molecular weight excluding hydrogens is 244 g/mol. The molecule has 18 heavy (non-hydrogen) atoms. The van der Waals surface area contributed by atoms with Crippen molar-refractivity contribution < 1.29 is 9.53 Å². The van der Waals surface area contributed by atoms with Crippen LogP contribution in [0.1, 0.15) is 6.92 Å². The van der Waals surface area contributed by atoms with Crippen molar-refractivity contribution in [2.75, 3.05) is 7.11 Å². The van der Waals surface area contributed by atoms with Crippen LogP contribution in [0.5, 0.6) is 5.75 Å². The monoisotopic (exact) mass is 258 g/mol. The van der Waals surface area contributed by atoms with E-state index in [2.05, 4.69) is 0 Å². The van der Waals surface area contributed by atoms with Crippen molar-refractivity contribution in [3.8, 4) is 16.9 Å². The van der Waals surface area contributed by atoms with Crippen LogP contribution in [0.2, 0.25) is 0 Å². The van der Waals surface area contributed by atoms with Crippen molar-refractivity contribution >= 4 is 16.9 Å². The highest BCUT2D eigenvalue weighted by atomic mass is 32.2. The van der Waals surface area contributed by atoms with Gasteiger partial charge >= 0.3 is 0 Å². The molecule has 0 aromatic heterocycles. The van der Waals surface area contributed by atoms with Gasteiger partial charge in [-0.05, 0) is 35.4 Å². The molecule has 3 heteroatoms. The van der Waals surface area contributed by atoms with E-state index in [1.807, 2.05) is 48.5 Å². The molecule has 0 fully saturated rings. The van der Waals surface area contributed by atoms with Gasteiger partial charge in [0.1, 0.15) is 5.75 Å². The van der Waals surface area contributed by atoms with E-state index in [4.69, 9.17) is 4.74 Å². The van der Waals surface area contributed by atoms with Gasteiger partial charge in [0.2, 0.25) is 0 Å². The fraction of sp³-hybridized carbons (Fsp3) is 0.133. The lowest BCUT2D eigenvalue weighted by Gasteiger charge is -2.04. The minimum atomic E-state index is 0.104. The fourth-order valence-electron chi connectivity index (χ4n) is 1.66. The molecule has 0 N–H and O–H groups in total. The molecule has 0 amide bonds. The number of ether oxygens (including phenoxy) is 1. The molecule has 2 aromatic rings. The molecule has 0 saturated carbocycles. The van der Waals surface area contributed by atoms with Crippen molar-refractivity contribution in [2.24, 2.45) is 0 Å². The minimum absolute atomic E-state index is 0.104. The molecular formula is C15H14O2S. The Morgan fingerprint density at radius 3 is 1.89 bits per heavy atom. The van der Waals surface area contributed by atoms with Crippen molar-refractivity contribution in [3.63, 3.8) is 0 Å². The van der Waals surface area contributed by atoms with E-state index in [1.54, 1.807) is 14.0 Å². The van der Waals surface area contributed by atoms with E-state index in [-0.39, 0.29) is 5.12 Å². The van der Waals surface area contributed by atoms with Crippen LogP contribution in [0, 0.1) is 0 Å². The van der Waals surface area contributed by atoms with Gasteiger partial charge in [-0.2, -0.15) is 0 Å². The number of hydrogen-bond acceptors (Lipinski definition) is 3. The number of thioether (sulfide) groups is 1. The van der Waals surface area contributed by atoms with E-state index >= 15 is 0 Å². The summed E-state index contributed by atoms with van der Waals surface area (Å²) in [6.07, 6.45) is 0. The zero-order chi connectivity index (χ0) is 13.0. The Balaban J connectivity index is 2.20. The second-order valence-electron chi connectivity index (χ2n) is 3.85. The number of methoxy groups -OCH3 is 1. The molecule has 2 aromatic carbocycles. The molecule has 0 spiro atoms. The molecule has 0 heterocycles. The maximum atomic E-state index is 11.0. The second kappa shape index (κ2) is 5.74. The molecule has 0 radical (unpaired) electrons. The molecule has 0 aliphatic carbocycles. The largest absolute Gasteiger partial charge is 0.497 e. The third kappa shape index (κ3) is 3.14. The van der Waals surface area contributed by atoms with Crippen LogP contribution in [0.3, 0.4) is 0 Å². The normalized spacial score (nSPS) is 10.1. The van der Waals surface area contributed by atoms with Crippen LogP contribution in [0.25, 0.3) is 11.1 Å². The third-order valence-electron chi connectivity index (χ3n) is 2.54. The van der Waals surface area contributed by atoms with Crippen LogP contribution in [-0.4, -0.2) is 12.2 Å². The van der Waals surface area contributed by atoms with Crippen molar-refractivity contribution in [2.45, 2.75) is 11.8 Å². The summed E-state index contributed by atoms with van der Waals surface area (Å²) in [5, 5.41) is 0.104. The third-order valence-corrected chi connectivity index (χ3v) is 3.33. The highest BCUT2D eigenvalue weighted by molar-refractivity contribution is 8.13. The molecule has 0 aliphatic heterocycles. The van der Waals surface area contributed by atoms with E-state index in [1.165, 1.54) is 11.8 Å². The van der Waals surface area contributed by atoms with Crippen LogP contribution in [-0.2, 0) is 4.79 Å². The zero-order valence-electron chi connectivity index (χ0n) is 10.3. The van der Waals surface area contributed by atoms with Gasteiger partial charge in [0.15, 0.2) is 5.12 Å². The SMILES string of the molecule is COc1ccc(-c2ccc(SC(C)=O)cc2)cc1. The summed E-state index contributed by atoms with van der Waals surface area (Å²) < 4.78 is 5.13. The molecule has 0 unspecified atom stereocenters. The van der Waals surface area contributed by atoms with Crippen LogP contribution >= 0.6 is 11.8 Å². The summed E-state index contributed by atoms with van der Waals surface area (Å²) in [5.74, 6) is 0.850. The first kappa shape index (κ1) is 12.7. The van der Waals surface area contributed by atoms with E-state index in [0.29, 0.717) is 0 Å². The lowest BCUT2D eigenvalue weighted by molar-refractivity contribution is -0.109. The Morgan fingerprint density at radius 2 is 1.44 bits per heavy atom. The Kier molecular flexibility index (Phi) is 4.05. The fourth-order valence-corrected chi connectivity index (χ4v) is 2.27. The van der Waals surface area contributed by atoms with Crippen LogP contribution < -0.4 is 4.74 Å². The lowest BCUT2D eigenvalue weighted by Crippen LogP contribution is -1.84. The number of carbonyl (C=O) groups is 1. The van der Waals surface area contributed by atoms with E-state index in [9.17, 15) is 4.79 Å². The number of rotatable bonds is 3. The Hall–Kier alpha value is -1.74. The Bertz CT molecular complexity index is 529. The maximum absolute atomic E-state index is 11.0. The highest BCUT2D eigenvalue weighted by Crippen LogP contribution is 2.25. The summed E-state index contributed by atoms with van der Waals surface area (Å²) in [5.41, 5.74) is 2.26. The van der Waals surface area contributed by atoms with Crippen molar-refractivity contribution in [1.29, 1.82) is 0 Å². The van der Waals surface area contributed by atoms with Gasteiger partial charge in [-0.1, -0.05) is 36.0 Å².